The van der Waals surface area contributed by atoms with Crippen molar-refractivity contribution in [3.8, 4) is 0 Å². The first kappa shape index (κ1) is 13.4. The first-order valence-corrected chi connectivity index (χ1v) is 6.84. The Labute approximate surface area is 115 Å². The number of nitrogens with zero attached hydrogens (tertiary/aromatic N) is 2. The smallest absolute Gasteiger partial charge is 0.338 e. The molecule has 1 fully saturated rings. The minimum Gasteiger partial charge on any atom is -0.478 e. The number of halogens is 1. The van der Waals surface area contributed by atoms with E-state index in [0.717, 1.165) is 38.3 Å². The van der Waals surface area contributed by atoms with E-state index >= 15 is 0 Å². The second kappa shape index (κ2) is 5.71. The molecule has 0 saturated carbocycles. The molecule has 5 heteroatoms. The van der Waals surface area contributed by atoms with Gasteiger partial charge in [-0.25, -0.2) is 4.79 Å². The van der Waals surface area contributed by atoms with E-state index in [9.17, 15) is 9.90 Å². The molecule has 0 spiro atoms. The summed E-state index contributed by atoms with van der Waals surface area (Å²) in [5.74, 6) is -0.880. The minimum absolute atomic E-state index is 0.363. The predicted molar refractivity (Wildman–Crippen MR) is 75.4 cm³/mol. The van der Waals surface area contributed by atoms with Crippen LogP contribution in [0.4, 0.5) is 5.69 Å². The number of carboxylic acid groups (broad SMARTS) is 1. The third-order valence-electron chi connectivity index (χ3n) is 3.27. The van der Waals surface area contributed by atoms with Crippen molar-refractivity contribution in [3.63, 3.8) is 0 Å². The van der Waals surface area contributed by atoms with Gasteiger partial charge in [-0.05, 0) is 48.1 Å². The van der Waals surface area contributed by atoms with Crippen LogP contribution in [-0.2, 0) is 0 Å². The molecule has 0 aliphatic carbocycles. The number of carbonyl (C=O) groups is 1. The van der Waals surface area contributed by atoms with Crippen LogP contribution in [0.2, 0.25) is 0 Å². The highest BCUT2D eigenvalue weighted by Gasteiger charge is 2.20. The molecule has 1 N–H and O–H groups in total. The van der Waals surface area contributed by atoms with Crippen LogP contribution in [-0.4, -0.2) is 49.2 Å². The van der Waals surface area contributed by atoms with Gasteiger partial charge in [-0.1, -0.05) is 6.07 Å². The van der Waals surface area contributed by atoms with Crippen LogP contribution in [0.15, 0.2) is 22.7 Å². The summed E-state index contributed by atoms with van der Waals surface area (Å²) in [5.41, 5.74) is 1.18. The summed E-state index contributed by atoms with van der Waals surface area (Å²) in [6.07, 6.45) is 1.06. The molecule has 0 unspecified atom stereocenters. The standard InChI is InChI=1S/C13H17BrN2O2/c1-15-6-3-7-16(9-8-15)11-5-2-4-10(14)12(11)13(17)18/h2,4-5H,3,6-9H2,1H3,(H,17,18). The molecule has 0 aromatic heterocycles. The predicted octanol–water partition coefficient (Wildman–Crippen LogP) is 2.29. The van der Waals surface area contributed by atoms with Gasteiger partial charge in [0.25, 0.3) is 0 Å². The van der Waals surface area contributed by atoms with Gasteiger partial charge in [0.1, 0.15) is 0 Å². The molecule has 18 heavy (non-hydrogen) atoms. The van der Waals surface area contributed by atoms with Crippen LogP contribution in [0.5, 0.6) is 0 Å². The number of likely N-dealkylation sites (N-methyl/N-ethyl adjacent to an activating group) is 1. The van der Waals surface area contributed by atoms with Crippen LogP contribution in [0, 0.1) is 0 Å². The van der Waals surface area contributed by atoms with E-state index < -0.39 is 5.97 Å². The van der Waals surface area contributed by atoms with Gasteiger partial charge in [-0.15, -0.1) is 0 Å². The molecule has 0 atom stereocenters. The molecule has 0 amide bonds. The fraction of sp³-hybridized carbons (Fsp3) is 0.462. The Hall–Kier alpha value is -1.07. The average Bonchev–Trinajstić information content (AvgIpc) is 2.53. The highest BCUT2D eigenvalue weighted by Crippen LogP contribution is 2.28. The van der Waals surface area contributed by atoms with Crippen LogP contribution in [0.1, 0.15) is 16.8 Å². The highest BCUT2D eigenvalue weighted by atomic mass is 79.9. The molecule has 1 aromatic rings. The number of carboxylic acids is 1. The van der Waals surface area contributed by atoms with Crippen molar-refractivity contribution < 1.29 is 9.90 Å². The second-order valence-electron chi connectivity index (χ2n) is 4.58. The number of benzene rings is 1. The molecular weight excluding hydrogens is 296 g/mol. The Balaban J connectivity index is 2.32. The maximum atomic E-state index is 11.4. The Morgan fingerprint density at radius 2 is 2.06 bits per heavy atom. The Morgan fingerprint density at radius 3 is 2.78 bits per heavy atom. The van der Waals surface area contributed by atoms with Crippen molar-refractivity contribution in [1.82, 2.24) is 4.90 Å². The summed E-state index contributed by atoms with van der Waals surface area (Å²) < 4.78 is 0.644. The summed E-state index contributed by atoms with van der Waals surface area (Å²) in [6, 6.07) is 5.55. The molecule has 0 radical (unpaired) electrons. The lowest BCUT2D eigenvalue weighted by Crippen LogP contribution is -2.30. The first-order valence-electron chi connectivity index (χ1n) is 6.05. The van der Waals surface area contributed by atoms with Crippen molar-refractivity contribution >= 4 is 27.6 Å². The second-order valence-corrected chi connectivity index (χ2v) is 5.44. The van der Waals surface area contributed by atoms with Gasteiger partial charge in [0.15, 0.2) is 0 Å². The van der Waals surface area contributed by atoms with E-state index in [2.05, 4.69) is 32.8 Å². The SMILES string of the molecule is CN1CCCN(c2cccc(Br)c2C(=O)O)CC1. The third kappa shape index (κ3) is 2.84. The van der Waals surface area contributed by atoms with Gasteiger partial charge in [0.2, 0.25) is 0 Å². The van der Waals surface area contributed by atoms with Crippen molar-refractivity contribution in [3.05, 3.63) is 28.2 Å². The molecule has 1 saturated heterocycles. The third-order valence-corrected chi connectivity index (χ3v) is 3.93. The maximum Gasteiger partial charge on any atom is 0.338 e. The summed E-state index contributed by atoms with van der Waals surface area (Å²) in [5, 5.41) is 9.33. The lowest BCUT2D eigenvalue weighted by molar-refractivity contribution is 0.0696. The van der Waals surface area contributed by atoms with Gasteiger partial charge in [-0.3, -0.25) is 0 Å². The zero-order valence-electron chi connectivity index (χ0n) is 10.4. The van der Waals surface area contributed by atoms with Gasteiger partial charge in [0, 0.05) is 24.1 Å². The van der Waals surface area contributed by atoms with Crippen LogP contribution in [0.25, 0.3) is 0 Å². The maximum absolute atomic E-state index is 11.4. The van der Waals surface area contributed by atoms with Crippen molar-refractivity contribution in [2.24, 2.45) is 0 Å². The van der Waals surface area contributed by atoms with Crippen LogP contribution < -0.4 is 4.90 Å². The summed E-state index contributed by atoms with van der Waals surface area (Å²) in [7, 11) is 2.10. The zero-order valence-corrected chi connectivity index (χ0v) is 12.0. The van der Waals surface area contributed by atoms with E-state index in [-0.39, 0.29) is 0 Å². The Morgan fingerprint density at radius 1 is 1.28 bits per heavy atom. The summed E-state index contributed by atoms with van der Waals surface area (Å²) in [6.45, 7) is 3.80. The number of hydrogen-bond acceptors (Lipinski definition) is 3. The topological polar surface area (TPSA) is 43.8 Å². The lowest BCUT2D eigenvalue weighted by Gasteiger charge is -2.24. The van der Waals surface area contributed by atoms with Crippen molar-refractivity contribution in [1.29, 1.82) is 0 Å². The average molecular weight is 313 g/mol. The number of hydrogen-bond donors (Lipinski definition) is 1. The lowest BCUT2D eigenvalue weighted by atomic mass is 10.1. The minimum atomic E-state index is -0.880. The summed E-state index contributed by atoms with van der Waals surface area (Å²) >= 11 is 3.33. The normalized spacial score (nSPS) is 17.6. The molecule has 1 aromatic carbocycles. The van der Waals surface area contributed by atoms with Crippen molar-refractivity contribution in [2.45, 2.75) is 6.42 Å². The van der Waals surface area contributed by atoms with E-state index in [0.29, 0.717) is 10.0 Å². The fourth-order valence-corrected chi connectivity index (χ4v) is 2.80. The Bertz CT molecular complexity index is 451. The van der Waals surface area contributed by atoms with E-state index in [4.69, 9.17) is 0 Å². The van der Waals surface area contributed by atoms with E-state index in [1.165, 1.54) is 0 Å². The summed E-state index contributed by atoms with van der Waals surface area (Å²) in [4.78, 5) is 15.8. The Kier molecular flexibility index (Phi) is 4.24. The number of rotatable bonds is 2. The van der Waals surface area contributed by atoms with Crippen molar-refractivity contribution in [2.75, 3.05) is 38.1 Å². The monoisotopic (exact) mass is 312 g/mol. The van der Waals surface area contributed by atoms with E-state index in [1.807, 2.05) is 12.1 Å². The molecule has 2 rings (SSSR count). The van der Waals surface area contributed by atoms with Gasteiger partial charge < -0.3 is 14.9 Å². The molecule has 0 bridgehead atoms. The van der Waals surface area contributed by atoms with Gasteiger partial charge >= 0.3 is 5.97 Å². The molecule has 1 aliphatic heterocycles. The first-order chi connectivity index (χ1) is 8.59. The fourth-order valence-electron chi connectivity index (χ4n) is 2.28. The van der Waals surface area contributed by atoms with Crippen LogP contribution >= 0.6 is 15.9 Å². The number of anilines is 1. The molecule has 98 valence electrons. The molecule has 1 aliphatic rings. The zero-order chi connectivity index (χ0) is 13.1. The number of aromatic carboxylic acids is 1. The molecule has 1 heterocycles. The quantitative estimate of drug-likeness (QED) is 0.910. The van der Waals surface area contributed by atoms with E-state index in [1.54, 1.807) is 6.07 Å². The highest BCUT2D eigenvalue weighted by molar-refractivity contribution is 9.10. The van der Waals surface area contributed by atoms with Gasteiger partial charge in [0.05, 0.1) is 11.3 Å². The van der Waals surface area contributed by atoms with Crippen LogP contribution in [0.3, 0.4) is 0 Å². The molecular formula is C13H17BrN2O2. The van der Waals surface area contributed by atoms with Gasteiger partial charge in [-0.2, -0.15) is 0 Å². The largest absolute Gasteiger partial charge is 0.478 e. The molecule has 4 nitrogen and oxygen atoms in total.